The third-order valence-electron chi connectivity index (χ3n) is 4.43. The number of rotatable bonds is 9. The first-order chi connectivity index (χ1) is 12.6. The maximum absolute atomic E-state index is 12.5. The van der Waals surface area contributed by atoms with Gasteiger partial charge in [0.25, 0.3) is 0 Å². The quantitative estimate of drug-likeness (QED) is 0.319. The van der Waals surface area contributed by atoms with E-state index in [4.69, 9.17) is 5.73 Å². The molecule has 0 saturated carbocycles. The SMILES string of the molecule is CC(C)CC(NC(=O)C(NC(=O)C1CCCN1C(=O)CN)C(C)O)C(=O)O. The highest BCUT2D eigenvalue weighted by Crippen LogP contribution is 2.17. The summed E-state index contributed by atoms with van der Waals surface area (Å²) in [6.45, 7) is 5.13. The number of nitrogens with two attached hydrogens (primary N) is 1. The molecule has 10 nitrogen and oxygen atoms in total. The second kappa shape index (κ2) is 10.2. The topological polar surface area (TPSA) is 162 Å². The molecule has 4 unspecified atom stereocenters. The van der Waals surface area contributed by atoms with Crippen LogP contribution < -0.4 is 16.4 Å². The molecule has 1 saturated heterocycles. The van der Waals surface area contributed by atoms with E-state index < -0.39 is 42.0 Å². The van der Waals surface area contributed by atoms with Crippen LogP contribution in [0, 0.1) is 5.92 Å². The molecule has 1 heterocycles. The molecule has 0 aromatic rings. The number of carboxylic acids is 1. The van der Waals surface area contributed by atoms with Gasteiger partial charge in [-0.25, -0.2) is 4.79 Å². The van der Waals surface area contributed by atoms with E-state index in [1.54, 1.807) is 0 Å². The first-order valence-corrected chi connectivity index (χ1v) is 9.09. The van der Waals surface area contributed by atoms with E-state index in [2.05, 4.69) is 10.6 Å². The molecule has 4 atom stereocenters. The van der Waals surface area contributed by atoms with Crippen molar-refractivity contribution < 1.29 is 29.4 Å². The van der Waals surface area contributed by atoms with Gasteiger partial charge in [0, 0.05) is 6.54 Å². The van der Waals surface area contributed by atoms with Crippen LogP contribution in [0.5, 0.6) is 0 Å². The number of hydrogen-bond donors (Lipinski definition) is 5. The first-order valence-electron chi connectivity index (χ1n) is 9.09. The predicted molar refractivity (Wildman–Crippen MR) is 96.4 cm³/mol. The molecular formula is C17H30N4O6. The number of carbonyl (C=O) groups excluding carboxylic acids is 3. The Hall–Kier alpha value is -2.20. The lowest BCUT2D eigenvalue weighted by atomic mass is 10.0. The van der Waals surface area contributed by atoms with Crippen LogP contribution in [-0.4, -0.2) is 76.1 Å². The van der Waals surface area contributed by atoms with Crippen molar-refractivity contribution in [1.29, 1.82) is 0 Å². The Balaban J connectivity index is 2.82. The molecule has 1 fully saturated rings. The van der Waals surface area contributed by atoms with E-state index in [-0.39, 0.29) is 24.8 Å². The number of carbonyl (C=O) groups is 4. The van der Waals surface area contributed by atoms with Crippen molar-refractivity contribution in [2.75, 3.05) is 13.1 Å². The average molecular weight is 386 g/mol. The fourth-order valence-electron chi connectivity index (χ4n) is 3.06. The molecule has 0 aromatic heterocycles. The summed E-state index contributed by atoms with van der Waals surface area (Å²) in [5.41, 5.74) is 5.35. The van der Waals surface area contributed by atoms with Crippen LogP contribution in [0.15, 0.2) is 0 Å². The second-order valence-electron chi connectivity index (χ2n) is 7.21. The monoisotopic (exact) mass is 386 g/mol. The number of aliphatic hydroxyl groups is 1. The lowest BCUT2D eigenvalue weighted by Gasteiger charge is -2.28. The third kappa shape index (κ3) is 6.47. The van der Waals surface area contributed by atoms with Gasteiger partial charge in [0.2, 0.25) is 17.7 Å². The molecule has 0 aliphatic carbocycles. The molecule has 3 amide bonds. The number of carboxylic acid groups (broad SMARTS) is 1. The van der Waals surface area contributed by atoms with E-state index in [1.165, 1.54) is 11.8 Å². The Morgan fingerprint density at radius 3 is 2.30 bits per heavy atom. The number of amides is 3. The van der Waals surface area contributed by atoms with E-state index in [9.17, 15) is 29.4 Å². The van der Waals surface area contributed by atoms with Gasteiger partial charge >= 0.3 is 5.97 Å². The van der Waals surface area contributed by atoms with Crippen molar-refractivity contribution in [2.24, 2.45) is 11.7 Å². The van der Waals surface area contributed by atoms with E-state index in [1.807, 2.05) is 13.8 Å². The number of nitrogens with zero attached hydrogens (tertiary/aromatic N) is 1. The van der Waals surface area contributed by atoms with Gasteiger partial charge in [-0.05, 0) is 32.1 Å². The van der Waals surface area contributed by atoms with E-state index >= 15 is 0 Å². The molecule has 0 radical (unpaired) electrons. The fraction of sp³-hybridized carbons (Fsp3) is 0.765. The Morgan fingerprint density at radius 1 is 1.19 bits per heavy atom. The largest absolute Gasteiger partial charge is 0.480 e. The predicted octanol–water partition coefficient (Wildman–Crippen LogP) is -1.58. The van der Waals surface area contributed by atoms with Crippen LogP contribution in [0.2, 0.25) is 0 Å². The molecule has 10 heteroatoms. The van der Waals surface area contributed by atoms with Crippen molar-refractivity contribution in [2.45, 2.75) is 64.3 Å². The van der Waals surface area contributed by atoms with Crippen molar-refractivity contribution in [3.63, 3.8) is 0 Å². The Morgan fingerprint density at radius 2 is 1.81 bits per heavy atom. The average Bonchev–Trinajstić information content (AvgIpc) is 3.06. The van der Waals surface area contributed by atoms with Gasteiger partial charge in [-0.3, -0.25) is 14.4 Å². The zero-order valence-electron chi connectivity index (χ0n) is 16.0. The molecule has 1 aliphatic rings. The van der Waals surface area contributed by atoms with E-state index in [0.717, 1.165) is 0 Å². The summed E-state index contributed by atoms with van der Waals surface area (Å²) in [6.07, 6.45) is 0.0208. The minimum absolute atomic E-state index is 0.0281. The summed E-state index contributed by atoms with van der Waals surface area (Å²) in [4.78, 5) is 49.5. The van der Waals surface area contributed by atoms with Crippen molar-refractivity contribution in [3.05, 3.63) is 0 Å². The molecule has 6 N–H and O–H groups in total. The normalized spacial score (nSPS) is 20.1. The highest BCUT2D eigenvalue weighted by atomic mass is 16.4. The molecule has 1 aliphatic heterocycles. The Labute approximate surface area is 158 Å². The second-order valence-corrected chi connectivity index (χ2v) is 7.21. The number of likely N-dealkylation sites (tertiary alicyclic amines) is 1. The van der Waals surface area contributed by atoms with Crippen molar-refractivity contribution in [3.8, 4) is 0 Å². The lowest BCUT2D eigenvalue weighted by Crippen LogP contribution is -2.59. The van der Waals surface area contributed by atoms with Gasteiger partial charge in [-0.1, -0.05) is 13.8 Å². The summed E-state index contributed by atoms with van der Waals surface area (Å²) in [7, 11) is 0. The summed E-state index contributed by atoms with van der Waals surface area (Å²) in [5, 5.41) is 23.9. The van der Waals surface area contributed by atoms with Gasteiger partial charge in [0.1, 0.15) is 18.1 Å². The third-order valence-corrected chi connectivity index (χ3v) is 4.43. The molecule has 0 bridgehead atoms. The van der Waals surface area contributed by atoms with Crippen LogP contribution in [0.25, 0.3) is 0 Å². The zero-order chi connectivity index (χ0) is 20.7. The molecule has 27 heavy (non-hydrogen) atoms. The van der Waals surface area contributed by atoms with Gasteiger partial charge in [0.15, 0.2) is 0 Å². The van der Waals surface area contributed by atoms with Gasteiger partial charge in [-0.15, -0.1) is 0 Å². The number of aliphatic hydroxyl groups excluding tert-OH is 1. The van der Waals surface area contributed by atoms with E-state index in [0.29, 0.717) is 19.4 Å². The summed E-state index contributed by atoms with van der Waals surface area (Å²) < 4.78 is 0. The maximum atomic E-state index is 12.5. The molecule has 1 rings (SSSR count). The standard InChI is InChI=1S/C17H30N4O6/c1-9(2)7-11(17(26)27)19-16(25)14(10(3)22)20-15(24)12-5-4-6-21(12)13(23)8-18/h9-12,14,22H,4-8,18H2,1-3H3,(H,19,25)(H,20,24)(H,26,27). The summed E-state index contributed by atoms with van der Waals surface area (Å²) in [6, 6.07) is -3.22. The van der Waals surface area contributed by atoms with Crippen LogP contribution in [0.1, 0.15) is 40.0 Å². The van der Waals surface area contributed by atoms with Crippen LogP contribution >= 0.6 is 0 Å². The minimum atomic E-state index is -1.33. The molecule has 0 aromatic carbocycles. The zero-order valence-corrected chi connectivity index (χ0v) is 16.0. The number of aliphatic carboxylic acids is 1. The number of nitrogens with one attached hydrogen (secondary N) is 2. The molecular weight excluding hydrogens is 356 g/mol. The van der Waals surface area contributed by atoms with Gasteiger partial charge < -0.3 is 31.5 Å². The summed E-state index contributed by atoms with van der Waals surface area (Å²) >= 11 is 0. The maximum Gasteiger partial charge on any atom is 0.326 e. The van der Waals surface area contributed by atoms with Crippen molar-refractivity contribution in [1.82, 2.24) is 15.5 Å². The molecule has 154 valence electrons. The Kier molecular flexibility index (Phi) is 8.64. The smallest absolute Gasteiger partial charge is 0.326 e. The highest BCUT2D eigenvalue weighted by Gasteiger charge is 2.37. The van der Waals surface area contributed by atoms with Crippen LogP contribution in [-0.2, 0) is 19.2 Å². The van der Waals surface area contributed by atoms with Crippen LogP contribution in [0.4, 0.5) is 0 Å². The summed E-state index contributed by atoms with van der Waals surface area (Å²) in [5.74, 6) is -2.90. The first kappa shape index (κ1) is 22.8. The minimum Gasteiger partial charge on any atom is -0.480 e. The molecule has 0 spiro atoms. The fourth-order valence-corrected chi connectivity index (χ4v) is 3.06. The van der Waals surface area contributed by atoms with Crippen LogP contribution in [0.3, 0.4) is 0 Å². The van der Waals surface area contributed by atoms with Crippen molar-refractivity contribution >= 4 is 23.7 Å². The van der Waals surface area contributed by atoms with Gasteiger partial charge in [-0.2, -0.15) is 0 Å². The number of hydrogen-bond acceptors (Lipinski definition) is 6. The highest BCUT2D eigenvalue weighted by molar-refractivity contribution is 5.94. The lowest BCUT2D eigenvalue weighted by molar-refractivity contribution is -0.144. The van der Waals surface area contributed by atoms with Gasteiger partial charge in [0.05, 0.1) is 12.6 Å². The Bertz CT molecular complexity index is 566.